The van der Waals surface area contributed by atoms with Crippen LogP contribution in [0.1, 0.15) is 37.6 Å². The minimum Gasteiger partial charge on any atom is -0.497 e. The van der Waals surface area contributed by atoms with Gasteiger partial charge in [-0.1, -0.05) is 0 Å². The molecule has 30 heavy (non-hydrogen) atoms. The maximum Gasteiger partial charge on any atom is 0.194 e. The number of aliphatic imine (C=N–C) groups is 1. The Balaban J connectivity index is 0.00000450. The highest BCUT2D eigenvalue weighted by atomic mass is 127. The molecule has 0 aliphatic carbocycles. The van der Waals surface area contributed by atoms with Crippen LogP contribution >= 0.6 is 35.3 Å². The van der Waals surface area contributed by atoms with Crippen LogP contribution in [0.25, 0.3) is 0 Å². The van der Waals surface area contributed by atoms with Gasteiger partial charge < -0.3 is 24.4 Å². The summed E-state index contributed by atoms with van der Waals surface area (Å²) in [6.07, 6.45) is -0.0456. The number of guanidine groups is 1. The smallest absolute Gasteiger partial charge is 0.194 e. The van der Waals surface area contributed by atoms with Gasteiger partial charge in [0.25, 0.3) is 0 Å². The number of methoxy groups -OCH3 is 2. The molecule has 0 amide bonds. The van der Waals surface area contributed by atoms with Crippen molar-refractivity contribution in [2.45, 2.75) is 39.5 Å². The summed E-state index contributed by atoms with van der Waals surface area (Å²) in [5.41, 5.74) is 1.00. The largest absolute Gasteiger partial charge is 0.497 e. The number of rotatable bonds is 10. The minimum absolute atomic E-state index is 0. The third-order valence-electron chi connectivity index (χ3n) is 4.26. The fraction of sp³-hybridized carbons (Fsp3) is 0.524. The van der Waals surface area contributed by atoms with Gasteiger partial charge in [0.1, 0.15) is 28.7 Å². The molecule has 1 N–H and O–H groups in total. The zero-order chi connectivity index (χ0) is 21.2. The molecule has 0 spiro atoms. The van der Waals surface area contributed by atoms with Crippen molar-refractivity contribution in [1.82, 2.24) is 15.2 Å². The second-order valence-corrected chi connectivity index (χ2v) is 7.60. The Labute approximate surface area is 200 Å². The van der Waals surface area contributed by atoms with E-state index in [0.29, 0.717) is 13.1 Å². The van der Waals surface area contributed by atoms with E-state index in [1.165, 1.54) is 0 Å². The van der Waals surface area contributed by atoms with Gasteiger partial charge in [0, 0.05) is 26.1 Å². The number of nitrogens with zero attached hydrogens (tertiary/aromatic N) is 3. The maximum absolute atomic E-state index is 5.95. The highest BCUT2D eigenvalue weighted by Gasteiger charge is 2.13. The molecule has 2 unspecified atom stereocenters. The number of ether oxygens (including phenoxy) is 3. The molecule has 0 bridgehead atoms. The van der Waals surface area contributed by atoms with Gasteiger partial charge in [-0.05, 0) is 45.0 Å². The first kappa shape index (κ1) is 26.4. The van der Waals surface area contributed by atoms with E-state index in [4.69, 9.17) is 19.2 Å². The molecule has 2 rings (SSSR count). The van der Waals surface area contributed by atoms with Crippen molar-refractivity contribution in [3.8, 4) is 11.5 Å². The van der Waals surface area contributed by atoms with E-state index >= 15 is 0 Å². The lowest BCUT2D eigenvalue weighted by atomic mass is 10.3. The van der Waals surface area contributed by atoms with Crippen molar-refractivity contribution in [2.75, 3.05) is 34.4 Å². The van der Waals surface area contributed by atoms with Gasteiger partial charge in [-0.25, -0.2) is 9.98 Å². The molecule has 9 heteroatoms. The van der Waals surface area contributed by atoms with Crippen molar-refractivity contribution in [2.24, 2.45) is 4.99 Å². The van der Waals surface area contributed by atoms with Crippen molar-refractivity contribution in [3.63, 3.8) is 0 Å². The van der Waals surface area contributed by atoms with E-state index in [-0.39, 0.29) is 36.2 Å². The topological polar surface area (TPSA) is 68.2 Å². The lowest BCUT2D eigenvalue weighted by Crippen LogP contribution is -2.39. The number of halogens is 1. The van der Waals surface area contributed by atoms with Crippen LogP contribution in [0.15, 0.2) is 34.6 Å². The second-order valence-electron chi connectivity index (χ2n) is 6.71. The van der Waals surface area contributed by atoms with E-state index in [1.54, 1.807) is 25.6 Å². The molecule has 0 radical (unpaired) electrons. The third kappa shape index (κ3) is 8.27. The van der Waals surface area contributed by atoms with Crippen LogP contribution in [0.3, 0.4) is 0 Å². The summed E-state index contributed by atoms with van der Waals surface area (Å²) in [4.78, 5) is 11.5. The lowest BCUT2D eigenvalue weighted by Gasteiger charge is -2.22. The first-order valence-electron chi connectivity index (χ1n) is 9.74. The van der Waals surface area contributed by atoms with E-state index in [1.807, 2.05) is 45.2 Å². The predicted octanol–water partition coefficient (Wildman–Crippen LogP) is 4.34. The molecule has 0 saturated carbocycles. The van der Waals surface area contributed by atoms with Crippen LogP contribution in [-0.4, -0.2) is 56.3 Å². The van der Waals surface area contributed by atoms with Gasteiger partial charge in [-0.2, -0.15) is 0 Å². The Kier molecular flexibility index (Phi) is 12.0. The minimum atomic E-state index is -0.0566. The van der Waals surface area contributed by atoms with E-state index in [9.17, 15) is 0 Å². The van der Waals surface area contributed by atoms with Gasteiger partial charge in [0.2, 0.25) is 0 Å². The van der Waals surface area contributed by atoms with E-state index in [0.717, 1.165) is 34.7 Å². The molecule has 1 aromatic carbocycles. The van der Waals surface area contributed by atoms with Gasteiger partial charge >= 0.3 is 0 Å². The fourth-order valence-corrected chi connectivity index (χ4v) is 3.45. The maximum atomic E-state index is 5.95. The third-order valence-corrected chi connectivity index (χ3v) is 5.32. The molecule has 1 aromatic heterocycles. The van der Waals surface area contributed by atoms with Gasteiger partial charge in [0.15, 0.2) is 5.96 Å². The molecule has 0 aliphatic heterocycles. The average Bonchev–Trinajstić information content (AvgIpc) is 3.19. The molecular formula is C21H33IN4O3S. The predicted molar refractivity (Wildman–Crippen MR) is 133 cm³/mol. The van der Waals surface area contributed by atoms with Crippen LogP contribution in [0, 0.1) is 0 Å². The Hall–Kier alpha value is -1.59. The summed E-state index contributed by atoms with van der Waals surface area (Å²) in [6.45, 7) is 8.08. The summed E-state index contributed by atoms with van der Waals surface area (Å²) in [5.74, 6) is 2.44. The van der Waals surface area contributed by atoms with Gasteiger partial charge in [-0.15, -0.1) is 35.3 Å². The highest BCUT2D eigenvalue weighted by molar-refractivity contribution is 14.0. The lowest BCUT2D eigenvalue weighted by molar-refractivity contribution is 0.119. The van der Waals surface area contributed by atoms with Crippen LogP contribution in [0.2, 0.25) is 0 Å². The molecule has 0 fully saturated rings. The molecule has 0 saturated heterocycles. The Bertz CT molecular complexity index is 770. The number of aromatic nitrogens is 1. The number of benzene rings is 1. The molecule has 2 aromatic rings. The summed E-state index contributed by atoms with van der Waals surface area (Å²) < 4.78 is 16.5. The Morgan fingerprint density at radius 2 is 1.87 bits per heavy atom. The number of hydrogen-bond donors (Lipinski definition) is 1. The van der Waals surface area contributed by atoms with Crippen molar-refractivity contribution in [3.05, 3.63) is 40.3 Å². The summed E-state index contributed by atoms with van der Waals surface area (Å²) in [5, 5.41) is 6.39. The molecule has 1 heterocycles. The summed E-state index contributed by atoms with van der Waals surface area (Å²) >= 11 is 1.62. The Morgan fingerprint density at radius 3 is 2.47 bits per heavy atom. The summed E-state index contributed by atoms with van der Waals surface area (Å²) in [7, 11) is 5.36. The second kappa shape index (κ2) is 13.7. The van der Waals surface area contributed by atoms with Crippen molar-refractivity contribution < 1.29 is 14.2 Å². The van der Waals surface area contributed by atoms with Crippen LogP contribution in [0.4, 0.5) is 0 Å². The van der Waals surface area contributed by atoms with Crippen LogP contribution in [-0.2, 0) is 11.3 Å². The normalized spacial score (nSPS) is 13.2. The highest BCUT2D eigenvalue weighted by Crippen LogP contribution is 2.21. The molecular weight excluding hydrogens is 515 g/mol. The molecule has 168 valence electrons. The SMILES string of the molecule is CCNC(=NCC(C)Oc1ccc(OC)cc1)N(C)Cc1csc(C(C)OC)n1.I. The Morgan fingerprint density at radius 1 is 1.20 bits per heavy atom. The number of thiazole rings is 1. The molecule has 0 aliphatic rings. The van der Waals surface area contributed by atoms with Crippen LogP contribution < -0.4 is 14.8 Å². The van der Waals surface area contributed by atoms with Crippen LogP contribution in [0.5, 0.6) is 11.5 Å². The zero-order valence-electron chi connectivity index (χ0n) is 18.5. The quantitative estimate of drug-likeness (QED) is 0.271. The number of nitrogens with one attached hydrogen (secondary N) is 1. The first-order valence-corrected chi connectivity index (χ1v) is 10.6. The van der Waals surface area contributed by atoms with Crippen molar-refractivity contribution >= 4 is 41.3 Å². The summed E-state index contributed by atoms with van der Waals surface area (Å²) in [6, 6.07) is 7.57. The van der Waals surface area contributed by atoms with E-state index in [2.05, 4.69) is 27.5 Å². The fourth-order valence-electron chi connectivity index (χ4n) is 2.61. The zero-order valence-corrected chi connectivity index (χ0v) is 21.7. The molecule has 2 atom stereocenters. The monoisotopic (exact) mass is 548 g/mol. The van der Waals surface area contributed by atoms with Gasteiger partial charge in [-0.3, -0.25) is 0 Å². The molecule has 7 nitrogen and oxygen atoms in total. The van der Waals surface area contributed by atoms with Gasteiger partial charge in [0.05, 0.1) is 25.9 Å². The van der Waals surface area contributed by atoms with E-state index < -0.39 is 0 Å². The van der Waals surface area contributed by atoms with Crippen molar-refractivity contribution in [1.29, 1.82) is 0 Å². The first-order chi connectivity index (χ1) is 14.0. The average molecular weight is 548 g/mol. The number of hydrogen-bond acceptors (Lipinski definition) is 6. The standard InChI is InChI=1S/C21H32N4O3S.HI/c1-7-22-21(25(4)13-17-14-29-20(24-17)16(3)26-5)23-12-15(2)28-19-10-8-18(27-6)9-11-19;/h8-11,14-16H,7,12-13H2,1-6H3,(H,22,23);1H.